The lowest BCUT2D eigenvalue weighted by Crippen LogP contribution is -2.26. The molecule has 1 unspecified atom stereocenters. The number of hydrogen-bond donors (Lipinski definition) is 3. The van der Waals surface area contributed by atoms with Crippen LogP contribution in [0.3, 0.4) is 0 Å². The summed E-state index contributed by atoms with van der Waals surface area (Å²) in [5.74, 6) is 0.104. The number of hydrogen-bond acceptors (Lipinski definition) is 4. The minimum absolute atomic E-state index is 0.0640. The Balaban J connectivity index is 2.40. The number of aliphatic hydroxyl groups excluding tert-OH is 1. The summed E-state index contributed by atoms with van der Waals surface area (Å²) >= 11 is 0. The molecule has 0 bridgehead atoms. The summed E-state index contributed by atoms with van der Waals surface area (Å²) in [4.78, 5) is 15.3. The van der Waals surface area contributed by atoms with E-state index in [0.29, 0.717) is 18.5 Å². The topological polar surface area (TPSA) is 82.5 Å². The number of aliphatic hydroxyl groups is 1. The molecule has 0 spiro atoms. The zero-order valence-corrected chi connectivity index (χ0v) is 10.3. The fourth-order valence-corrected chi connectivity index (χ4v) is 1.36. The number of aromatic nitrogens is 1. The number of nitrogens with one attached hydrogen (secondary N) is 1. The molecule has 0 saturated heterocycles. The molecule has 1 amide bonds. The molecule has 1 aromatic heterocycles. The SMILES string of the molecule is CC(CCO)CNC(=O)/C=C/c1cncc(O)c1. The molecule has 1 aromatic rings. The van der Waals surface area contributed by atoms with E-state index in [-0.39, 0.29) is 24.2 Å². The van der Waals surface area contributed by atoms with Crippen LogP contribution in [0.25, 0.3) is 6.08 Å². The maximum Gasteiger partial charge on any atom is 0.244 e. The molecule has 0 aliphatic rings. The maximum absolute atomic E-state index is 11.5. The van der Waals surface area contributed by atoms with Crippen molar-refractivity contribution in [2.45, 2.75) is 13.3 Å². The molecule has 3 N–H and O–H groups in total. The average Bonchev–Trinajstić information content (AvgIpc) is 2.34. The van der Waals surface area contributed by atoms with Crippen LogP contribution in [0.4, 0.5) is 0 Å². The number of rotatable bonds is 6. The third kappa shape index (κ3) is 5.45. The van der Waals surface area contributed by atoms with Gasteiger partial charge in [0.2, 0.25) is 5.91 Å². The zero-order valence-electron chi connectivity index (χ0n) is 10.3. The Morgan fingerprint density at radius 1 is 1.56 bits per heavy atom. The largest absolute Gasteiger partial charge is 0.506 e. The second-order valence-electron chi connectivity index (χ2n) is 4.17. The van der Waals surface area contributed by atoms with Gasteiger partial charge in [-0.15, -0.1) is 0 Å². The van der Waals surface area contributed by atoms with Crippen molar-refractivity contribution in [3.63, 3.8) is 0 Å². The molecule has 0 aliphatic carbocycles. The van der Waals surface area contributed by atoms with Gasteiger partial charge in [0.1, 0.15) is 5.75 Å². The van der Waals surface area contributed by atoms with Gasteiger partial charge in [0.05, 0.1) is 6.20 Å². The van der Waals surface area contributed by atoms with Gasteiger partial charge in [0.15, 0.2) is 0 Å². The van der Waals surface area contributed by atoms with Crippen molar-refractivity contribution in [3.8, 4) is 5.75 Å². The normalized spacial score (nSPS) is 12.6. The third-order valence-electron chi connectivity index (χ3n) is 2.42. The summed E-state index contributed by atoms with van der Waals surface area (Å²) in [7, 11) is 0. The first-order valence-electron chi connectivity index (χ1n) is 5.82. The highest BCUT2D eigenvalue weighted by Crippen LogP contribution is 2.09. The highest BCUT2D eigenvalue weighted by atomic mass is 16.3. The number of aromatic hydroxyl groups is 1. The predicted molar refractivity (Wildman–Crippen MR) is 68.8 cm³/mol. The molecule has 0 aromatic carbocycles. The summed E-state index contributed by atoms with van der Waals surface area (Å²) in [6, 6.07) is 1.52. The number of carbonyl (C=O) groups is 1. The maximum atomic E-state index is 11.5. The van der Waals surface area contributed by atoms with Crippen molar-refractivity contribution >= 4 is 12.0 Å². The Bertz CT molecular complexity index is 418. The minimum Gasteiger partial charge on any atom is -0.506 e. The van der Waals surface area contributed by atoms with E-state index in [9.17, 15) is 9.90 Å². The van der Waals surface area contributed by atoms with Crippen LogP contribution in [0, 0.1) is 5.92 Å². The lowest BCUT2D eigenvalue weighted by atomic mass is 10.1. The smallest absolute Gasteiger partial charge is 0.244 e. The zero-order chi connectivity index (χ0) is 13.4. The Kier molecular flexibility index (Phi) is 5.87. The monoisotopic (exact) mass is 250 g/mol. The van der Waals surface area contributed by atoms with Gasteiger partial charge in [-0.2, -0.15) is 0 Å². The second kappa shape index (κ2) is 7.45. The fraction of sp³-hybridized carbons (Fsp3) is 0.385. The van der Waals surface area contributed by atoms with Crippen LogP contribution >= 0.6 is 0 Å². The Hall–Kier alpha value is -1.88. The fourth-order valence-electron chi connectivity index (χ4n) is 1.36. The van der Waals surface area contributed by atoms with Crippen LogP contribution < -0.4 is 5.32 Å². The molecule has 1 rings (SSSR count). The van der Waals surface area contributed by atoms with Gasteiger partial charge in [-0.1, -0.05) is 6.92 Å². The lowest BCUT2D eigenvalue weighted by molar-refractivity contribution is -0.116. The first kappa shape index (κ1) is 14.2. The molecule has 0 radical (unpaired) electrons. The van der Waals surface area contributed by atoms with Crippen molar-refractivity contribution in [1.29, 1.82) is 0 Å². The van der Waals surface area contributed by atoms with Gasteiger partial charge >= 0.3 is 0 Å². The molecule has 18 heavy (non-hydrogen) atoms. The summed E-state index contributed by atoms with van der Waals surface area (Å²) in [6.07, 6.45) is 6.52. The molecule has 1 atom stereocenters. The summed E-state index contributed by atoms with van der Waals surface area (Å²) in [5.41, 5.74) is 0.661. The number of nitrogens with zero attached hydrogens (tertiary/aromatic N) is 1. The number of pyridine rings is 1. The van der Waals surface area contributed by atoms with Gasteiger partial charge in [-0.05, 0) is 30.0 Å². The van der Waals surface area contributed by atoms with Crippen molar-refractivity contribution in [2.75, 3.05) is 13.2 Å². The van der Waals surface area contributed by atoms with Crippen LogP contribution in [0.15, 0.2) is 24.5 Å². The molecular weight excluding hydrogens is 232 g/mol. The van der Waals surface area contributed by atoms with Crippen molar-refractivity contribution in [2.24, 2.45) is 5.92 Å². The van der Waals surface area contributed by atoms with Gasteiger partial charge in [0.25, 0.3) is 0 Å². The second-order valence-corrected chi connectivity index (χ2v) is 4.17. The van der Waals surface area contributed by atoms with Crippen LogP contribution in [0.5, 0.6) is 5.75 Å². The molecule has 0 fully saturated rings. The number of amides is 1. The van der Waals surface area contributed by atoms with Crippen LogP contribution in [0.2, 0.25) is 0 Å². The molecule has 98 valence electrons. The van der Waals surface area contributed by atoms with E-state index in [2.05, 4.69) is 10.3 Å². The van der Waals surface area contributed by atoms with E-state index < -0.39 is 0 Å². The Morgan fingerprint density at radius 3 is 3.00 bits per heavy atom. The van der Waals surface area contributed by atoms with E-state index in [4.69, 9.17) is 5.11 Å². The standard InChI is InChI=1S/C13H18N2O3/c1-10(4-5-16)7-15-13(18)3-2-11-6-12(17)9-14-8-11/h2-3,6,8-10,16-17H,4-5,7H2,1H3,(H,15,18)/b3-2+. The highest BCUT2D eigenvalue weighted by molar-refractivity contribution is 5.91. The molecule has 5 heteroatoms. The average molecular weight is 250 g/mol. The summed E-state index contributed by atoms with van der Waals surface area (Å²) < 4.78 is 0. The summed E-state index contributed by atoms with van der Waals surface area (Å²) in [6.45, 7) is 2.61. The first-order valence-corrected chi connectivity index (χ1v) is 5.82. The van der Waals surface area contributed by atoms with Crippen molar-refractivity contribution < 1.29 is 15.0 Å². The Labute approximate surface area is 106 Å². The highest BCUT2D eigenvalue weighted by Gasteiger charge is 2.02. The molecule has 0 aliphatic heterocycles. The van der Waals surface area contributed by atoms with Crippen LogP contribution in [-0.2, 0) is 4.79 Å². The van der Waals surface area contributed by atoms with E-state index in [1.807, 2.05) is 6.92 Å². The molecule has 1 heterocycles. The van der Waals surface area contributed by atoms with Crippen molar-refractivity contribution in [3.05, 3.63) is 30.1 Å². The van der Waals surface area contributed by atoms with E-state index in [0.717, 1.165) is 0 Å². The van der Waals surface area contributed by atoms with E-state index >= 15 is 0 Å². The van der Waals surface area contributed by atoms with Gasteiger partial charge in [-0.3, -0.25) is 9.78 Å². The summed E-state index contributed by atoms with van der Waals surface area (Å²) in [5, 5.41) is 20.6. The van der Waals surface area contributed by atoms with Crippen LogP contribution in [0.1, 0.15) is 18.9 Å². The van der Waals surface area contributed by atoms with Gasteiger partial charge in [-0.25, -0.2) is 0 Å². The number of carbonyl (C=O) groups excluding carboxylic acids is 1. The van der Waals surface area contributed by atoms with Crippen LogP contribution in [-0.4, -0.2) is 34.3 Å². The van der Waals surface area contributed by atoms with E-state index in [1.165, 1.54) is 18.3 Å². The molecular formula is C13H18N2O3. The predicted octanol–water partition coefficient (Wildman–Crippen LogP) is 0.935. The molecule has 0 saturated carbocycles. The molecule has 5 nitrogen and oxygen atoms in total. The minimum atomic E-state index is -0.205. The Morgan fingerprint density at radius 2 is 2.33 bits per heavy atom. The lowest BCUT2D eigenvalue weighted by Gasteiger charge is -2.09. The first-order chi connectivity index (χ1) is 8.61. The van der Waals surface area contributed by atoms with Gasteiger partial charge in [0, 0.05) is 25.4 Å². The van der Waals surface area contributed by atoms with Crippen molar-refractivity contribution in [1.82, 2.24) is 10.3 Å². The quantitative estimate of drug-likeness (QED) is 0.656. The van der Waals surface area contributed by atoms with E-state index in [1.54, 1.807) is 12.3 Å². The van der Waals surface area contributed by atoms with Gasteiger partial charge < -0.3 is 15.5 Å². The third-order valence-corrected chi connectivity index (χ3v) is 2.42.